The number of amides is 1. The number of hydrogen-bond donors (Lipinski definition) is 3. The minimum absolute atomic E-state index is 0.00386. The normalized spacial score (nSPS) is 12.7. The van der Waals surface area contributed by atoms with Crippen LogP contribution in [0.1, 0.15) is 23.7 Å². The van der Waals surface area contributed by atoms with Gasteiger partial charge in [0, 0.05) is 13.0 Å². The Morgan fingerprint density at radius 3 is 2.48 bits per heavy atom. The minimum Gasteiger partial charge on any atom is -0.479 e. The summed E-state index contributed by atoms with van der Waals surface area (Å²) in [6, 6.07) is 5.79. The van der Waals surface area contributed by atoms with Crippen LogP contribution in [0, 0.1) is 0 Å². The Bertz CT molecular complexity index is 625. The van der Waals surface area contributed by atoms with Gasteiger partial charge in [-0.3, -0.25) is 4.79 Å². The van der Waals surface area contributed by atoms with Crippen LogP contribution in [0.2, 0.25) is 0 Å². The Morgan fingerprint density at radius 1 is 1.29 bits per heavy atom. The predicted molar refractivity (Wildman–Crippen MR) is 74.8 cm³/mol. The van der Waals surface area contributed by atoms with Gasteiger partial charge in [0.15, 0.2) is 15.9 Å². The van der Waals surface area contributed by atoms with Crippen molar-refractivity contribution in [3.63, 3.8) is 0 Å². The Morgan fingerprint density at radius 2 is 1.90 bits per heavy atom. The summed E-state index contributed by atoms with van der Waals surface area (Å²) < 4.78 is 23.8. The van der Waals surface area contributed by atoms with Crippen molar-refractivity contribution < 1.29 is 28.2 Å². The summed E-state index contributed by atoms with van der Waals surface area (Å²) in [4.78, 5) is 22.3. The fourth-order valence-electron chi connectivity index (χ4n) is 1.62. The first-order valence-electron chi connectivity index (χ1n) is 6.30. The lowest BCUT2D eigenvalue weighted by atomic mass is 10.2. The summed E-state index contributed by atoms with van der Waals surface area (Å²) in [6.45, 7) is 1.40. The van der Waals surface area contributed by atoms with E-state index in [1.165, 1.54) is 31.2 Å². The zero-order valence-electron chi connectivity index (χ0n) is 11.4. The SMILES string of the molecule is CCS(=O)(=O)c1ccccc1C(=O)NCC[C@H](O)C(=O)O. The minimum atomic E-state index is -3.53. The molecule has 21 heavy (non-hydrogen) atoms. The molecule has 8 heteroatoms. The highest BCUT2D eigenvalue weighted by Crippen LogP contribution is 2.16. The first-order valence-corrected chi connectivity index (χ1v) is 7.95. The van der Waals surface area contributed by atoms with Crippen molar-refractivity contribution in [1.82, 2.24) is 5.32 Å². The summed E-state index contributed by atoms with van der Waals surface area (Å²) in [7, 11) is -3.53. The molecule has 0 spiro atoms. The number of nitrogens with one attached hydrogen (secondary N) is 1. The molecule has 1 aromatic carbocycles. The number of carboxylic acid groups (broad SMARTS) is 1. The first-order chi connectivity index (χ1) is 9.79. The van der Waals surface area contributed by atoms with Crippen LogP contribution in [-0.2, 0) is 14.6 Å². The van der Waals surface area contributed by atoms with Crippen LogP contribution in [0.4, 0.5) is 0 Å². The number of aliphatic carboxylic acids is 1. The van der Waals surface area contributed by atoms with Gasteiger partial charge >= 0.3 is 5.97 Å². The second-order valence-corrected chi connectivity index (χ2v) is 6.54. The Kier molecular flexibility index (Phi) is 5.86. The molecule has 0 aliphatic carbocycles. The molecule has 0 saturated carbocycles. The fraction of sp³-hybridized carbons (Fsp3) is 0.385. The number of hydrogen-bond acceptors (Lipinski definition) is 5. The maximum Gasteiger partial charge on any atom is 0.332 e. The van der Waals surface area contributed by atoms with Gasteiger partial charge in [-0.1, -0.05) is 19.1 Å². The van der Waals surface area contributed by atoms with Gasteiger partial charge in [-0.15, -0.1) is 0 Å². The number of rotatable bonds is 7. The largest absolute Gasteiger partial charge is 0.479 e. The quantitative estimate of drug-likeness (QED) is 0.653. The third kappa shape index (κ3) is 4.54. The van der Waals surface area contributed by atoms with Crippen LogP contribution in [0.25, 0.3) is 0 Å². The van der Waals surface area contributed by atoms with E-state index in [0.717, 1.165) is 0 Å². The van der Waals surface area contributed by atoms with E-state index < -0.39 is 27.8 Å². The lowest BCUT2D eigenvalue weighted by Gasteiger charge is -2.10. The van der Waals surface area contributed by atoms with Gasteiger partial charge < -0.3 is 15.5 Å². The molecule has 7 nitrogen and oxygen atoms in total. The standard InChI is InChI=1S/C13H17NO6S/c1-2-21(19,20)11-6-4-3-5-9(11)12(16)14-8-7-10(15)13(17)18/h3-6,10,15H,2,7-8H2,1H3,(H,14,16)(H,17,18)/t10-/m0/s1. The molecule has 0 bridgehead atoms. The van der Waals surface area contributed by atoms with E-state index in [1.54, 1.807) is 0 Å². The van der Waals surface area contributed by atoms with Crippen LogP contribution in [-0.4, -0.2) is 48.9 Å². The molecule has 0 fully saturated rings. The van der Waals surface area contributed by atoms with Gasteiger partial charge in [0.05, 0.1) is 16.2 Å². The van der Waals surface area contributed by atoms with E-state index in [1.807, 2.05) is 0 Å². The van der Waals surface area contributed by atoms with Crippen molar-refractivity contribution in [2.24, 2.45) is 0 Å². The highest BCUT2D eigenvalue weighted by molar-refractivity contribution is 7.91. The maximum absolute atomic E-state index is 12.0. The molecule has 0 aromatic heterocycles. The molecule has 116 valence electrons. The van der Waals surface area contributed by atoms with Crippen LogP contribution in [0.5, 0.6) is 0 Å². The van der Waals surface area contributed by atoms with Gasteiger partial charge in [-0.05, 0) is 12.1 Å². The van der Waals surface area contributed by atoms with Crippen molar-refractivity contribution >= 4 is 21.7 Å². The van der Waals surface area contributed by atoms with Crippen molar-refractivity contribution in [2.45, 2.75) is 24.3 Å². The van der Waals surface area contributed by atoms with Crippen molar-refractivity contribution in [3.8, 4) is 0 Å². The molecule has 1 aromatic rings. The molecule has 0 saturated heterocycles. The van der Waals surface area contributed by atoms with Gasteiger partial charge in [0.2, 0.25) is 0 Å². The van der Waals surface area contributed by atoms with E-state index in [0.29, 0.717) is 0 Å². The molecule has 1 amide bonds. The van der Waals surface area contributed by atoms with Gasteiger partial charge in [-0.2, -0.15) is 0 Å². The molecule has 0 radical (unpaired) electrons. The second kappa shape index (κ2) is 7.19. The van der Waals surface area contributed by atoms with E-state index in [4.69, 9.17) is 10.2 Å². The van der Waals surface area contributed by atoms with E-state index >= 15 is 0 Å². The number of carbonyl (C=O) groups excluding carboxylic acids is 1. The van der Waals surface area contributed by atoms with E-state index in [-0.39, 0.29) is 29.2 Å². The average molecular weight is 315 g/mol. The van der Waals surface area contributed by atoms with Crippen LogP contribution < -0.4 is 5.32 Å². The van der Waals surface area contributed by atoms with E-state index in [9.17, 15) is 18.0 Å². The molecular weight excluding hydrogens is 298 g/mol. The maximum atomic E-state index is 12.0. The number of carboxylic acids is 1. The lowest BCUT2D eigenvalue weighted by molar-refractivity contribution is -0.146. The van der Waals surface area contributed by atoms with Crippen molar-refractivity contribution in [3.05, 3.63) is 29.8 Å². The Hall–Kier alpha value is -1.93. The average Bonchev–Trinajstić information content (AvgIpc) is 2.46. The number of sulfone groups is 1. The highest BCUT2D eigenvalue weighted by Gasteiger charge is 2.20. The van der Waals surface area contributed by atoms with Crippen LogP contribution >= 0.6 is 0 Å². The molecule has 3 N–H and O–H groups in total. The van der Waals surface area contributed by atoms with Crippen LogP contribution in [0.3, 0.4) is 0 Å². The van der Waals surface area contributed by atoms with Gasteiger partial charge in [0.1, 0.15) is 0 Å². The number of benzene rings is 1. The molecule has 0 unspecified atom stereocenters. The first kappa shape index (κ1) is 17.1. The topological polar surface area (TPSA) is 121 Å². The molecule has 0 aliphatic heterocycles. The van der Waals surface area contributed by atoms with Crippen LogP contribution in [0.15, 0.2) is 29.2 Å². The zero-order valence-corrected chi connectivity index (χ0v) is 12.3. The van der Waals surface area contributed by atoms with Crippen molar-refractivity contribution in [2.75, 3.05) is 12.3 Å². The fourth-order valence-corrected chi connectivity index (χ4v) is 2.71. The highest BCUT2D eigenvalue weighted by atomic mass is 32.2. The predicted octanol–water partition coefficient (Wildman–Crippen LogP) is 0.0456. The molecule has 1 rings (SSSR count). The number of aliphatic hydroxyl groups excluding tert-OH is 1. The summed E-state index contributed by atoms with van der Waals surface area (Å²) in [5.74, 6) is -2.13. The summed E-state index contributed by atoms with van der Waals surface area (Å²) in [6.07, 6.45) is -1.73. The number of carbonyl (C=O) groups is 2. The molecule has 1 atom stereocenters. The van der Waals surface area contributed by atoms with E-state index in [2.05, 4.69) is 5.32 Å². The second-order valence-electron chi connectivity index (χ2n) is 4.30. The summed E-state index contributed by atoms with van der Waals surface area (Å²) in [5, 5.41) is 20.0. The molecule has 0 heterocycles. The Balaban J connectivity index is 2.83. The smallest absolute Gasteiger partial charge is 0.332 e. The summed E-state index contributed by atoms with van der Waals surface area (Å²) >= 11 is 0. The summed E-state index contributed by atoms with van der Waals surface area (Å²) in [5.41, 5.74) is 0.00386. The lowest BCUT2D eigenvalue weighted by Crippen LogP contribution is -2.30. The third-order valence-corrected chi connectivity index (χ3v) is 4.62. The molecular formula is C13H17NO6S. The third-order valence-electron chi connectivity index (χ3n) is 2.84. The Labute approximate surface area is 122 Å². The van der Waals surface area contributed by atoms with Gasteiger partial charge in [-0.25, -0.2) is 13.2 Å². The molecule has 0 aliphatic rings. The monoisotopic (exact) mass is 315 g/mol. The zero-order chi connectivity index (χ0) is 16.0. The number of aliphatic hydroxyl groups is 1. The van der Waals surface area contributed by atoms with Gasteiger partial charge in [0.25, 0.3) is 5.91 Å². The van der Waals surface area contributed by atoms with Crippen molar-refractivity contribution in [1.29, 1.82) is 0 Å².